The Morgan fingerprint density at radius 3 is 2.32 bits per heavy atom. The maximum atomic E-state index is 12.9. The largest absolute Gasteiger partial charge is 0.383 e. The highest BCUT2D eigenvalue weighted by Gasteiger charge is 2.25. The summed E-state index contributed by atoms with van der Waals surface area (Å²) in [5.41, 5.74) is 2.19. The summed E-state index contributed by atoms with van der Waals surface area (Å²) in [4.78, 5) is 26.5. The number of piperazine rings is 1. The summed E-state index contributed by atoms with van der Waals surface area (Å²) >= 11 is 0. The Balaban J connectivity index is 1.85. The number of hydroxylamine groups is 1. The molecule has 7 nitrogen and oxygen atoms in total. The van der Waals surface area contributed by atoms with Crippen LogP contribution in [-0.2, 0) is 9.59 Å². The Morgan fingerprint density at radius 1 is 1.18 bits per heavy atom. The van der Waals surface area contributed by atoms with Gasteiger partial charge in [-0.3, -0.25) is 14.8 Å². The summed E-state index contributed by atoms with van der Waals surface area (Å²) in [7, 11) is 0. The van der Waals surface area contributed by atoms with Crippen molar-refractivity contribution in [2.24, 2.45) is 0 Å². The van der Waals surface area contributed by atoms with E-state index in [1.54, 1.807) is 17.0 Å². The normalized spacial score (nSPS) is 16.3. The average molecular weight is 311 g/mol. The first kappa shape index (κ1) is 16.2. The maximum absolute atomic E-state index is 12.9. The summed E-state index contributed by atoms with van der Waals surface area (Å²) < 4.78 is 12.9. The van der Waals surface area contributed by atoms with E-state index in [0.29, 0.717) is 26.2 Å². The SMILES string of the molecule is O=C(NO)[C@@H](O)CC(=O)N1CCN(c2ccc(F)cc2)CC1. The number of hydrogen-bond donors (Lipinski definition) is 3. The molecule has 0 aliphatic carbocycles. The van der Waals surface area contributed by atoms with Gasteiger partial charge in [-0.2, -0.15) is 0 Å². The first-order valence-corrected chi connectivity index (χ1v) is 6.91. The fourth-order valence-electron chi connectivity index (χ4n) is 2.33. The molecule has 1 aromatic rings. The second kappa shape index (κ2) is 7.19. The number of aliphatic hydroxyl groups excluding tert-OH is 1. The van der Waals surface area contributed by atoms with Gasteiger partial charge in [-0.25, -0.2) is 9.87 Å². The fraction of sp³-hybridized carbons (Fsp3) is 0.429. The van der Waals surface area contributed by atoms with E-state index < -0.39 is 12.0 Å². The van der Waals surface area contributed by atoms with Crippen molar-refractivity contribution in [3.63, 3.8) is 0 Å². The van der Waals surface area contributed by atoms with Crippen LogP contribution in [0.25, 0.3) is 0 Å². The van der Waals surface area contributed by atoms with Gasteiger partial charge in [0, 0.05) is 31.9 Å². The molecule has 22 heavy (non-hydrogen) atoms. The van der Waals surface area contributed by atoms with Crippen LogP contribution in [0.3, 0.4) is 0 Å². The number of nitrogens with one attached hydrogen (secondary N) is 1. The molecule has 0 spiro atoms. The molecule has 0 aromatic heterocycles. The van der Waals surface area contributed by atoms with Crippen LogP contribution < -0.4 is 10.4 Å². The highest BCUT2D eigenvalue weighted by atomic mass is 19.1. The molecule has 1 aliphatic heterocycles. The van der Waals surface area contributed by atoms with Gasteiger partial charge in [0.1, 0.15) is 11.9 Å². The van der Waals surface area contributed by atoms with Gasteiger partial charge < -0.3 is 14.9 Å². The van der Waals surface area contributed by atoms with E-state index in [4.69, 9.17) is 5.21 Å². The lowest BCUT2D eigenvalue weighted by Crippen LogP contribution is -2.50. The molecule has 0 bridgehead atoms. The van der Waals surface area contributed by atoms with Gasteiger partial charge in [-0.05, 0) is 24.3 Å². The third-order valence-electron chi connectivity index (χ3n) is 3.60. The lowest BCUT2D eigenvalue weighted by atomic mass is 10.2. The van der Waals surface area contributed by atoms with Gasteiger partial charge in [0.25, 0.3) is 5.91 Å². The third kappa shape index (κ3) is 3.92. The Labute approximate surface area is 126 Å². The Morgan fingerprint density at radius 2 is 1.77 bits per heavy atom. The Hall–Kier alpha value is -2.19. The van der Waals surface area contributed by atoms with Crippen LogP contribution in [0, 0.1) is 5.82 Å². The summed E-state index contributed by atoms with van der Waals surface area (Å²) in [5, 5.41) is 17.8. The zero-order valence-corrected chi connectivity index (χ0v) is 11.9. The Kier molecular flexibility index (Phi) is 5.29. The van der Waals surface area contributed by atoms with Gasteiger partial charge >= 0.3 is 0 Å². The van der Waals surface area contributed by atoms with E-state index in [9.17, 15) is 19.1 Å². The van der Waals surface area contributed by atoms with E-state index in [2.05, 4.69) is 0 Å². The van der Waals surface area contributed by atoms with Crippen molar-refractivity contribution >= 4 is 17.5 Å². The number of amides is 2. The first-order chi connectivity index (χ1) is 10.5. The predicted molar refractivity (Wildman–Crippen MR) is 75.7 cm³/mol. The van der Waals surface area contributed by atoms with E-state index in [-0.39, 0.29) is 18.1 Å². The lowest BCUT2D eigenvalue weighted by Gasteiger charge is -2.36. The number of nitrogens with zero attached hydrogens (tertiary/aromatic N) is 2. The number of anilines is 1. The molecule has 1 saturated heterocycles. The van der Waals surface area contributed by atoms with Crippen molar-refractivity contribution in [1.29, 1.82) is 0 Å². The standard InChI is InChI=1S/C14H18FN3O4/c15-10-1-3-11(4-2-10)17-5-7-18(8-6-17)13(20)9-12(19)14(21)16-22/h1-4,12,19,22H,5-9H2,(H,16,21)/t12-/m0/s1. The van der Waals surface area contributed by atoms with Gasteiger partial charge in [0.05, 0.1) is 6.42 Å². The number of hydrogen-bond acceptors (Lipinski definition) is 5. The van der Waals surface area contributed by atoms with Crippen molar-refractivity contribution in [3.05, 3.63) is 30.1 Å². The van der Waals surface area contributed by atoms with Gasteiger partial charge in [-0.15, -0.1) is 0 Å². The lowest BCUT2D eigenvalue weighted by molar-refractivity contribution is -0.144. The van der Waals surface area contributed by atoms with Crippen LogP contribution in [0.4, 0.5) is 10.1 Å². The number of carbonyl (C=O) groups is 2. The van der Waals surface area contributed by atoms with E-state index in [0.717, 1.165) is 5.69 Å². The predicted octanol–water partition coefficient (Wildman–Crippen LogP) is -0.269. The first-order valence-electron chi connectivity index (χ1n) is 6.91. The average Bonchev–Trinajstić information content (AvgIpc) is 2.54. The second-order valence-corrected chi connectivity index (χ2v) is 5.04. The molecule has 1 atom stereocenters. The summed E-state index contributed by atoms with van der Waals surface area (Å²) in [6, 6.07) is 6.14. The van der Waals surface area contributed by atoms with Gasteiger partial charge in [0.15, 0.2) is 0 Å². The minimum absolute atomic E-state index is 0.297. The topological polar surface area (TPSA) is 93.1 Å². The molecule has 3 N–H and O–H groups in total. The third-order valence-corrected chi connectivity index (χ3v) is 3.60. The molecular weight excluding hydrogens is 293 g/mol. The van der Waals surface area contributed by atoms with Crippen LogP contribution in [0.15, 0.2) is 24.3 Å². The Bertz CT molecular complexity index is 529. The molecular formula is C14H18FN3O4. The van der Waals surface area contributed by atoms with Crippen molar-refractivity contribution in [1.82, 2.24) is 10.4 Å². The van der Waals surface area contributed by atoms with Crippen LogP contribution in [0.1, 0.15) is 6.42 Å². The van der Waals surface area contributed by atoms with Gasteiger partial charge in [0.2, 0.25) is 5.91 Å². The van der Waals surface area contributed by atoms with Crippen molar-refractivity contribution < 1.29 is 24.3 Å². The molecule has 1 aromatic carbocycles. The smallest absolute Gasteiger partial charge is 0.272 e. The van der Waals surface area contributed by atoms with Crippen molar-refractivity contribution in [2.45, 2.75) is 12.5 Å². The molecule has 0 unspecified atom stereocenters. The summed E-state index contributed by atoms with van der Waals surface area (Å²) in [6.07, 6.45) is -1.93. The number of halogens is 1. The number of benzene rings is 1. The molecule has 1 aliphatic rings. The quantitative estimate of drug-likeness (QED) is 0.526. The minimum atomic E-state index is -1.56. The van der Waals surface area contributed by atoms with Crippen molar-refractivity contribution in [2.75, 3.05) is 31.1 Å². The number of rotatable bonds is 4. The maximum Gasteiger partial charge on any atom is 0.272 e. The van der Waals surface area contributed by atoms with E-state index in [1.807, 2.05) is 4.90 Å². The molecule has 1 heterocycles. The van der Waals surface area contributed by atoms with Crippen LogP contribution in [0.5, 0.6) is 0 Å². The van der Waals surface area contributed by atoms with Gasteiger partial charge in [-0.1, -0.05) is 0 Å². The van der Waals surface area contributed by atoms with Crippen LogP contribution >= 0.6 is 0 Å². The van der Waals surface area contributed by atoms with E-state index >= 15 is 0 Å². The second-order valence-electron chi connectivity index (χ2n) is 5.04. The molecule has 8 heteroatoms. The monoisotopic (exact) mass is 311 g/mol. The molecule has 120 valence electrons. The summed E-state index contributed by atoms with van der Waals surface area (Å²) in [6.45, 7) is 2.06. The van der Waals surface area contributed by atoms with Crippen LogP contribution in [-0.4, -0.2) is 59.3 Å². The number of carbonyl (C=O) groups excluding carboxylic acids is 2. The van der Waals surface area contributed by atoms with E-state index in [1.165, 1.54) is 17.6 Å². The van der Waals surface area contributed by atoms with Crippen molar-refractivity contribution in [3.8, 4) is 0 Å². The fourth-order valence-corrected chi connectivity index (χ4v) is 2.33. The van der Waals surface area contributed by atoms with Crippen LogP contribution in [0.2, 0.25) is 0 Å². The molecule has 1 fully saturated rings. The number of aliphatic hydroxyl groups is 1. The molecule has 2 rings (SSSR count). The molecule has 0 saturated carbocycles. The zero-order valence-electron chi connectivity index (χ0n) is 11.9. The highest BCUT2D eigenvalue weighted by Crippen LogP contribution is 2.17. The molecule has 0 radical (unpaired) electrons. The molecule has 2 amide bonds. The summed E-state index contributed by atoms with van der Waals surface area (Å²) in [5.74, 6) is -1.65. The minimum Gasteiger partial charge on any atom is -0.383 e. The zero-order chi connectivity index (χ0) is 16.1. The highest BCUT2D eigenvalue weighted by molar-refractivity contribution is 5.86.